The summed E-state index contributed by atoms with van der Waals surface area (Å²) in [4.78, 5) is 0. The number of halogens is 1. The quantitative estimate of drug-likeness (QED) is 0.834. The zero-order chi connectivity index (χ0) is 14.0. The third kappa shape index (κ3) is 3.20. The molecule has 5 heteroatoms. The van der Waals surface area contributed by atoms with Crippen molar-refractivity contribution in [1.29, 1.82) is 0 Å². The number of hydrogen-bond acceptors (Lipinski definition) is 3. The van der Waals surface area contributed by atoms with Gasteiger partial charge in [-0.15, -0.1) is 0 Å². The van der Waals surface area contributed by atoms with Crippen molar-refractivity contribution >= 4 is 15.9 Å². The number of ether oxygens (including phenoxy) is 1. The van der Waals surface area contributed by atoms with Gasteiger partial charge in [0.25, 0.3) is 0 Å². The van der Waals surface area contributed by atoms with E-state index < -0.39 is 0 Å². The molecule has 2 rings (SSSR count). The second-order valence-corrected chi connectivity index (χ2v) is 6.29. The van der Waals surface area contributed by atoms with E-state index in [1.165, 1.54) is 18.5 Å². The standard InChI is InChI=1S/C14H24BrN3O/c1-5-19-14(10-6-7-10)12(16-4)13-11(15)8-17-18(13)9(2)3/h8-10,12,14,16H,5-7H2,1-4H3. The molecule has 4 nitrogen and oxygen atoms in total. The van der Waals surface area contributed by atoms with Crippen LogP contribution in [0.1, 0.15) is 51.4 Å². The van der Waals surface area contributed by atoms with Crippen molar-refractivity contribution in [2.24, 2.45) is 5.92 Å². The largest absolute Gasteiger partial charge is 0.376 e. The van der Waals surface area contributed by atoms with E-state index in [2.05, 4.69) is 51.8 Å². The van der Waals surface area contributed by atoms with Crippen molar-refractivity contribution in [3.8, 4) is 0 Å². The van der Waals surface area contributed by atoms with Gasteiger partial charge in [0.1, 0.15) is 0 Å². The van der Waals surface area contributed by atoms with Gasteiger partial charge in [-0.25, -0.2) is 0 Å². The maximum atomic E-state index is 6.01. The molecule has 0 aliphatic heterocycles. The maximum Gasteiger partial charge on any atom is 0.0813 e. The molecule has 19 heavy (non-hydrogen) atoms. The Bertz CT molecular complexity index is 415. The lowest BCUT2D eigenvalue weighted by Crippen LogP contribution is -2.35. The van der Waals surface area contributed by atoms with Crippen LogP contribution in [0.25, 0.3) is 0 Å². The van der Waals surface area contributed by atoms with E-state index in [0.29, 0.717) is 12.0 Å². The molecule has 0 spiro atoms. The summed E-state index contributed by atoms with van der Waals surface area (Å²) in [6.07, 6.45) is 4.67. The second kappa shape index (κ2) is 6.37. The Morgan fingerprint density at radius 3 is 2.68 bits per heavy atom. The summed E-state index contributed by atoms with van der Waals surface area (Å²) in [6, 6.07) is 0.533. The van der Waals surface area contributed by atoms with Crippen LogP contribution in [0.5, 0.6) is 0 Å². The minimum absolute atomic E-state index is 0.187. The third-order valence-corrected chi connectivity index (χ3v) is 4.27. The van der Waals surface area contributed by atoms with Gasteiger partial charge in [0.05, 0.1) is 28.5 Å². The van der Waals surface area contributed by atoms with Crippen LogP contribution in [-0.4, -0.2) is 29.5 Å². The molecule has 0 bridgehead atoms. The summed E-state index contributed by atoms with van der Waals surface area (Å²) in [6.45, 7) is 7.13. The molecule has 108 valence electrons. The number of nitrogens with zero attached hydrogens (tertiary/aromatic N) is 2. The van der Waals surface area contributed by atoms with Gasteiger partial charge in [-0.3, -0.25) is 4.68 Å². The summed E-state index contributed by atoms with van der Waals surface area (Å²) in [5.41, 5.74) is 1.20. The molecular weight excluding hydrogens is 306 g/mol. The smallest absolute Gasteiger partial charge is 0.0813 e. The Balaban J connectivity index is 2.32. The van der Waals surface area contributed by atoms with Crippen molar-refractivity contribution in [3.05, 3.63) is 16.4 Å². The molecule has 1 aliphatic carbocycles. The van der Waals surface area contributed by atoms with E-state index in [1.807, 2.05) is 13.2 Å². The molecule has 1 fully saturated rings. The second-order valence-electron chi connectivity index (χ2n) is 5.44. The molecule has 0 radical (unpaired) electrons. The van der Waals surface area contributed by atoms with Crippen LogP contribution in [0, 0.1) is 5.92 Å². The molecule has 2 atom stereocenters. The number of nitrogens with one attached hydrogen (secondary N) is 1. The lowest BCUT2D eigenvalue weighted by Gasteiger charge is -2.28. The van der Waals surface area contributed by atoms with Crippen LogP contribution in [-0.2, 0) is 4.74 Å². The summed E-state index contributed by atoms with van der Waals surface area (Å²) < 4.78 is 9.15. The normalized spacial score (nSPS) is 18.8. The van der Waals surface area contributed by atoms with E-state index in [0.717, 1.165) is 11.1 Å². The van der Waals surface area contributed by atoms with Crippen molar-refractivity contribution in [2.45, 2.75) is 51.8 Å². The minimum Gasteiger partial charge on any atom is -0.376 e. The van der Waals surface area contributed by atoms with Crippen molar-refractivity contribution in [2.75, 3.05) is 13.7 Å². The summed E-state index contributed by atoms with van der Waals surface area (Å²) in [5.74, 6) is 0.680. The highest BCUT2D eigenvalue weighted by molar-refractivity contribution is 9.10. The molecule has 1 saturated carbocycles. The summed E-state index contributed by atoms with van der Waals surface area (Å²) in [7, 11) is 2.00. The lowest BCUT2D eigenvalue weighted by atomic mass is 10.0. The average Bonchev–Trinajstić information content (AvgIpc) is 3.14. The molecule has 0 aromatic carbocycles. The highest BCUT2D eigenvalue weighted by atomic mass is 79.9. The summed E-state index contributed by atoms with van der Waals surface area (Å²) >= 11 is 3.64. The van der Waals surface area contributed by atoms with Crippen molar-refractivity contribution in [1.82, 2.24) is 15.1 Å². The van der Waals surface area contributed by atoms with Gasteiger partial charge in [-0.2, -0.15) is 5.10 Å². The Morgan fingerprint density at radius 2 is 2.21 bits per heavy atom. The summed E-state index contributed by atoms with van der Waals surface area (Å²) in [5, 5.41) is 7.91. The molecule has 1 aromatic rings. The lowest BCUT2D eigenvalue weighted by molar-refractivity contribution is 0.0179. The Kier molecular flexibility index (Phi) is 5.03. The third-order valence-electron chi connectivity index (χ3n) is 3.66. The van der Waals surface area contributed by atoms with Crippen LogP contribution in [0.2, 0.25) is 0 Å². The average molecular weight is 330 g/mol. The molecule has 1 aliphatic rings. The zero-order valence-electron chi connectivity index (χ0n) is 12.2. The van der Waals surface area contributed by atoms with Gasteiger partial charge in [0.15, 0.2) is 0 Å². The number of likely N-dealkylation sites (N-methyl/N-ethyl adjacent to an activating group) is 1. The monoisotopic (exact) mass is 329 g/mol. The van der Waals surface area contributed by atoms with Gasteiger partial charge in [-0.1, -0.05) is 0 Å². The molecular formula is C14H24BrN3O. The van der Waals surface area contributed by atoms with Crippen LogP contribution in [0.3, 0.4) is 0 Å². The SMILES string of the molecule is CCOC(C1CC1)C(NC)c1c(Br)cnn1C(C)C. The molecule has 2 unspecified atom stereocenters. The minimum atomic E-state index is 0.187. The van der Waals surface area contributed by atoms with E-state index in [4.69, 9.17) is 4.74 Å². The van der Waals surface area contributed by atoms with Gasteiger partial charge in [0, 0.05) is 12.6 Å². The first kappa shape index (κ1) is 15.0. The first-order chi connectivity index (χ1) is 9.10. The molecule has 0 saturated heterocycles. The van der Waals surface area contributed by atoms with Gasteiger partial charge < -0.3 is 10.1 Å². The van der Waals surface area contributed by atoms with Gasteiger partial charge in [-0.05, 0) is 62.5 Å². The topological polar surface area (TPSA) is 39.1 Å². The van der Waals surface area contributed by atoms with Crippen molar-refractivity contribution in [3.63, 3.8) is 0 Å². The zero-order valence-corrected chi connectivity index (χ0v) is 13.8. The molecule has 1 N–H and O–H groups in total. The van der Waals surface area contributed by atoms with Crippen LogP contribution in [0.15, 0.2) is 10.7 Å². The Labute approximate surface area is 124 Å². The Morgan fingerprint density at radius 1 is 1.53 bits per heavy atom. The van der Waals surface area contributed by atoms with Crippen LogP contribution in [0.4, 0.5) is 0 Å². The highest BCUT2D eigenvalue weighted by Gasteiger charge is 2.39. The molecule has 0 amide bonds. The van der Waals surface area contributed by atoms with E-state index in [9.17, 15) is 0 Å². The van der Waals surface area contributed by atoms with E-state index in [-0.39, 0.29) is 12.1 Å². The van der Waals surface area contributed by atoms with Gasteiger partial charge in [0.2, 0.25) is 0 Å². The highest BCUT2D eigenvalue weighted by Crippen LogP contribution is 2.41. The van der Waals surface area contributed by atoms with E-state index >= 15 is 0 Å². The predicted molar refractivity (Wildman–Crippen MR) is 80.3 cm³/mol. The maximum absolute atomic E-state index is 6.01. The fourth-order valence-corrected chi connectivity index (χ4v) is 3.15. The van der Waals surface area contributed by atoms with Crippen LogP contribution < -0.4 is 5.32 Å². The Hall–Kier alpha value is -0.390. The van der Waals surface area contributed by atoms with E-state index in [1.54, 1.807) is 0 Å². The molecule has 1 heterocycles. The van der Waals surface area contributed by atoms with Gasteiger partial charge >= 0.3 is 0 Å². The fourth-order valence-electron chi connectivity index (χ4n) is 2.63. The first-order valence-corrected chi connectivity index (χ1v) is 7.91. The van der Waals surface area contributed by atoms with Crippen LogP contribution >= 0.6 is 15.9 Å². The number of aromatic nitrogens is 2. The fraction of sp³-hybridized carbons (Fsp3) is 0.786. The van der Waals surface area contributed by atoms with Crippen molar-refractivity contribution < 1.29 is 4.74 Å². The number of hydrogen-bond donors (Lipinski definition) is 1. The first-order valence-electron chi connectivity index (χ1n) is 7.11. The predicted octanol–water partition coefficient (Wildman–Crippen LogP) is 3.30. The molecule has 1 aromatic heterocycles. The number of rotatable bonds is 7.